The van der Waals surface area contributed by atoms with Crippen LogP contribution in [0.25, 0.3) is 0 Å². The van der Waals surface area contributed by atoms with Crippen molar-refractivity contribution in [1.29, 1.82) is 0 Å². The van der Waals surface area contributed by atoms with Crippen LogP contribution in [0.4, 0.5) is 0 Å². The summed E-state index contributed by atoms with van der Waals surface area (Å²) in [6.07, 6.45) is 4.71. The summed E-state index contributed by atoms with van der Waals surface area (Å²) in [4.78, 5) is 0. The normalized spacial score (nSPS) is 20.0. The van der Waals surface area contributed by atoms with E-state index in [2.05, 4.69) is 13.8 Å². The lowest BCUT2D eigenvalue weighted by Crippen LogP contribution is -2.50. The number of rotatable bonds is 4. The van der Waals surface area contributed by atoms with E-state index in [4.69, 9.17) is 5.73 Å². The molecule has 2 heteroatoms. The van der Waals surface area contributed by atoms with Gasteiger partial charge >= 0.3 is 0 Å². The number of nitrogens with two attached hydrogens (primary N) is 1. The van der Waals surface area contributed by atoms with Gasteiger partial charge in [0.15, 0.2) is 0 Å². The molecule has 1 aromatic rings. The molecule has 1 atom stereocenters. The molecule has 2 rings (SSSR count). The Balaban J connectivity index is 2.22. The second-order valence-electron chi connectivity index (χ2n) is 5.79. The van der Waals surface area contributed by atoms with Gasteiger partial charge in [0, 0.05) is 11.5 Å². The minimum Gasteiger partial charge on any atom is -0.508 e. The van der Waals surface area contributed by atoms with Gasteiger partial charge in [-0.3, -0.25) is 0 Å². The molecular formula is C15H23NO. The molecule has 0 aliphatic heterocycles. The lowest BCUT2D eigenvalue weighted by Gasteiger charge is -2.47. The van der Waals surface area contributed by atoms with Gasteiger partial charge in [0.1, 0.15) is 5.75 Å². The van der Waals surface area contributed by atoms with Gasteiger partial charge in [0.05, 0.1) is 0 Å². The highest BCUT2D eigenvalue weighted by Gasteiger charge is 2.43. The maximum atomic E-state index is 9.37. The third-order valence-corrected chi connectivity index (χ3v) is 4.12. The summed E-state index contributed by atoms with van der Waals surface area (Å²) in [6.45, 7) is 4.45. The Hall–Kier alpha value is -1.02. The highest BCUT2D eigenvalue weighted by molar-refractivity contribution is 5.35. The fourth-order valence-corrected chi connectivity index (χ4v) is 2.96. The number of benzene rings is 1. The maximum Gasteiger partial charge on any atom is 0.115 e. The van der Waals surface area contributed by atoms with Gasteiger partial charge in [-0.25, -0.2) is 0 Å². The van der Waals surface area contributed by atoms with E-state index in [0.29, 0.717) is 11.7 Å². The molecule has 0 saturated heterocycles. The zero-order chi connectivity index (χ0) is 12.5. The number of hydrogen-bond donors (Lipinski definition) is 2. The van der Waals surface area contributed by atoms with Crippen LogP contribution in [0.3, 0.4) is 0 Å². The molecule has 0 aromatic heterocycles. The van der Waals surface area contributed by atoms with E-state index in [-0.39, 0.29) is 11.5 Å². The van der Waals surface area contributed by atoms with E-state index in [1.165, 1.54) is 24.8 Å². The Morgan fingerprint density at radius 2 is 1.82 bits per heavy atom. The molecule has 0 spiro atoms. The van der Waals surface area contributed by atoms with E-state index in [1.807, 2.05) is 12.1 Å². The smallest absolute Gasteiger partial charge is 0.115 e. The predicted molar refractivity (Wildman–Crippen MR) is 71.1 cm³/mol. The summed E-state index contributed by atoms with van der Waals surface area (Å²) < 4.78 is 0. The molecule has 0 heterocycles. The average Bonchev–Trinajstić information content (AvgIpc) is 2.18. The summed E-state index contributed by atoms with van der Waals surface area (Å²) in [7, 11) is 0. The van der Waals surface area contributed by atoms with Gasteiger partial charge in [-0.1, -0.05) is 32.4 Å². The molecule has 94 valence electrons. The monoisotopic (exact) mass is 233 g/mol. The Morgan fingerprint density at radius 1 is 1.24 bits per heavy atom. The zero-order valence-corrected chi connectivity index (χ0v) is 10.8. The van der Waals surface area contributed by atoms with Crippen LogP contribution in [0.1, 0.15) is 45.1 Å². The van der Waals surface area contributed by atoms with Crippen LogP contribution in [0.5, 0.6) is 5.75 Å². The highest BCUT2D eigenvalue weighted by atomic mass is 16.3. The van der Waals surface area contributed by atoms with Crippen molar-refractivity contribution in [2.24, 2.45) is 11.7 Å². The molecule has 17 heavy (non-hydrogen) atoms. The minimum atomic E-state index is 0.165. The second-order valence-corrected chi connectivity index (χ2v) is 5.79. The summed E-state index contributed by atoms with van der Waals surface area (Å²) >= 11 is 0. The Labute approximate surface area is 104 Å². The number of phenols is 1. The minimum absolute atomic E-state index is 0.165. The van der Waals surface area contributed by atoms with Crippen LogP contribution in [0.15, 0.2) is 24.3 Å². The van der Waals surface area contributed by atoms with Gasteiger partial charge in [0.25, 0.3) is 0 Å². The van der Waals surface area contributed by atoms with Crippen LogP contribution in [0.2, 0.25) is 0 Å². The molecular weight excluding hydrogens is 210 g/mol. The van der Waals surface area contributed by atoms with E-state index in [9.17, 15) is 5.11 Å². The third kappa shape index (κ3) is 2.32. The van der Waals surface area contributed by atoms with Gasteiger partial charge in [-0.2, -0.15) is 0 Å². The molecule has 0 bridgehead atoms. The van der Waals surface area contributed by atoms with Crippen LogP contribution in [0, 0.1) is 5.92 Å². The van der Waals surface area contributed by atoms with Gasteiger partial charge in [0.2, 0.25) is 0 Å². The van der Waals surface area contributed by atoms with Gasteiger partial charge in [-0.05, 0) is 42.9 Å². The van der Waals surface area contributed by atoms with Crippen LogP contribution in [-0.4, -0.2) is 11.1 Å². The van der Waals surface area contributed by atoms with Gasteiger partial charge in [-0.15, -0.1) is 0 Å². The van der Waals surface area contributed by atoms with Crippen molar-refractivity contribution >= 4 is 0 Å². The van der Waals surface area contributed by atoms with Crippen molar-refractivity contribution in [2.75, 3.05) is 0 Å². The zero-order valence-electron chi connectivity index (χ0n) is 10.8. The first-order valence-electron chi connectivity index (χ1n) is 6.60. The number of phenolic OH excluding ortho intramolecular Hbond substituents is 1. The topological polar surface area (TPSA) is 46.2 Å². The van der Waals surface area contributed by atoms with E-state index in [1.54, 1.807) is 12.1 Å². The molecule has 1 saturated carbocycles. The van der Waals surface area contributed by atoms with Crippen molar-refractivity contribution in [1.82, 2.24) is 0 Å². The molecule has 2 nitrogen and oxygen atoms in total. The first-order chi connectivity index (χ1) is 8.04. The number of hydrogen-bond acceptors (Lipinski definition) is 2. The van der Waals surface area contributed by atoms with Gasteiger partial charge < -0.3 is 10.8 Å². The average molecular weight is 233 g/mol. The number of aromatic hydroxyl groups is 1. The van der Waals surface area contributed by atoms with E-state index >= 15 is 0 Å². The van der Waals surface area contributed by atoms with Crippen LogP contribution >= 0.6 is 0 Å². The molecule has 1 fully saturated rings. The van der Waals surface area contributed by atoms with Crippen molar-refractivity contribution < 1.29 is 5.11 Å². The van der Waals surface area contributed by atoms with E-state index in [0.717, 1.165) is 6.42 Å². The maximum absolute atomic E-state index is 9.37. The molecule has 1 aromatic carbocycles. The summed E-state index contributed by atoms with van der Waals surface area (Å²) in [5.41, 5.74) is 7.89. The van der Waals surface area contributed by atoms with Crippen molar-refractivity contribution in [3.8, 4) is 5.75 Å². The molecule has 3 N–H and O–H groups in total. The van der Waals surface area contributed by atoms with Crippen molar-refractivity contribution in [3.05, 3.63) is 29.8 Å². The largest absolute Gasteiger partial charge is 0.508 e. The quantitative estimate of drug-likeness (QED) is 0.839. The predicted octanol–water partition coefficient (Wildman–Crippen LogP) is 3.19. The molecule has 1 aliphatic rings. The molecule has 0 amide bonds. The fraction of sp³-hybridized carbons (Fsp3) is 0.600. The SMILES string of the molecule is CC(C)CC(N)C1(c2ccc(O)cc2)CCC1. The Bertz CT molecular complexity index is 365. The highest BCUT2D eigenvalue weighted by Crippen LogP contribution is 2.47. The first-order valence-corrected chi connectivity index (χ1v) is 6.60. The fourth-order valence-electron chi connectivity index (χ4n) is 2.96. The lowest BCUT2D eigenvalue weighted by molar-refractivity contribution is 0.178. The van der Waals surface area contributed by atoms with Crippen LogP contribution < -0.4 is 5.73 Å². The third-order valence-electron chi connectivity index (χ3n) is 4.12. The lowest BCUT2D eigenvalue weighted by atomic mass is 9.59. The molecule has 1 unspecified atom stereocenters. The van der Waals surface area contributed by atoms with Crippen molar-refractivity contribution in [2.45, 2.75) is 51.0 Å². The summed E-state index contributed by atoms with van der Waals surface area (Å²) in [5.74, 6) is 0.972. The van der Waals surface area contributed by atoms with Crippen molar-refractivity contribution in [3.63, 3.8) is 0 Å². The Morgan fingerprint density at radius 3 is 2.24 bits per heavy atom. The summed E-state index contributed by atoms with van der Waals surface area (Å²) in [5, 5.41) is 9.37. The first kappa shape index (κ1) is 12.4. The molecule has 0 radical (unpaired) electrons. The molecule has 1 aliphatic carbocycles. The van der Waals surface area contributed by atoms with E-state index < -0.39 is 0 Å². The standard InChI is InChI=1S/C15H23NO/c1-11(2)10-14(16)15(8-3-9-15)12-4-6-13(17)7-5-12/h4-7,11,14,17H,3,8-10,16H2,1-2H3. The Kier molecular flexibility index (Phi) is 3.43. The second kappa shape index (κ2) is 4.69. The summed E-state index contributed by atoms with van der Waals surface area (Å²) in [6, 6.07) is 7.86. The van der Waals surface area contributed by atoms with Crippen LogP contribution in [-0.2, 0) is 5.41 Å².